The summed E-state index contributed by atoms with van der Waals surface area (Å²) in [5, 5.41) is 26.8. The van der Waals surface area contributed by atoms with Gasteiger partial charge in [-0.3, -0.25) is 4.79 Å². The summed E-state index contributed by atoms with van der Waals surface area (Å²) in [4.78, 5) is 21.2. The van der Waals surface area contributed by atoms with Crippen LogP contribution >= 0.6 is 0 Å². The van der Waals surface area contributed by atoms with Gasteiger partial charge in [-0.15, -0.1) is 0 Å². The van der Waals surface area contributed by atoms with E-state index >= 15 is 0 Å². The van der Waals surface area contributed by atoms with E-state index in [0.29, 0.717) is 31.3 Å². The topological polar surface area (TPSA) is 123 Å². The highest BCUT2D eigenvalue weighted by Crippen LogP contribution is 2.39. The average molecular weight is 643 g/mol. The second-order valence-electron chi connectivity index (χ2n) is 13.6. The maximum Gasteiger partial charge on any atom is 0.335 e. The highest BCUT2D eigenvalue weighted by molar-refractivity contribution is 5.87. The molecule has 1 heterocycles. The molecule has 2 fully saturated rings. The number of carbonyl (C=O) groups is 2. The monoisotopic (exact) mass is 642 g/mol. The molecule has 2 aliphatic carbocycles. The van der Waals surface area contributed by atoms with E-state index in [4.69, 9.17) is 24.4 Å². The summed E-state index contributed by atoms with van der Waals surface area (Å²) in [6, 6.07) is 7.31. The van der Waals surface area contributed by atoms with Gasteiger partial charge >= 0.3 is 5.97 Å². The van der Waals surface area contributed by atoms with E-state index in [1.165, 1.54) is 89.0 Å². The van der Waals surface area contributed by atoms with Crippen molar-refractivity contribution < 1.29 is 39.1 Å². The number of aliphatic hydroxyl groups excluding tert-OH is 3. The zero-order valence-corrected chi connectivity index (χ0v) is 28.0. The van der Waals surface area contributed by atoms with Gasteiger partial charge in [0.2, 0.25) is 0 Å². The molecule has 1 aliphatic heterocycles. The van der Waals surface area contributed by atoms with Gasteiger partial charge in [-0.2, -0.15) is 0 Å². The molecule has 46 heavy (non-hydrogen) atoms. The molecule has 0 radical (unpaired) electrons. The fraction of sp³-hybridized carbons (Fsp3) is 0.684. The summed E-state index contributed by atoms with van der Waals surface area (Å²) in [5.74, 6) is 1.59. The number of rotatable bonds is 16. The van der Waals surface area contributed by atoms with Crippen molar-refractivity contribution in [2.75, 3.05) is 39.6 Å². The number of fused-ring (bicyclic) bond motifs is 1. The number of unbranched alkanes of at least 4 members (excludes halogenated alkanes) is 2. The van der Waals surface area contributed by atoms with E-state index in [-0.39, 0.29) is 31.0 Å². The van der Waals surface area contributed by atoms with Gasteiger partial charge in [0.25, 0.3) is 0 Å². The molecule has 0 bridgehead atoms. The van der Waals surface area contributed by atoms with Crippen molar-refractivity contribution in [3.63, 3.8) is 0 Å². The van der Waals surface area contributed by atoms with Gasteiger partial charge in [0.05, 0.1) is 44.5 Å². The molecule has 4 rings (SSSR count). The fourth-order valence-corrected chi connectivity index (χ4v) is 6.97. The number of aldehydes is 1. The minimum absolute atomic E-state index is 0.00601. The molecule has 1 aromatic rings. The highest BCUT2D eigenvalue weighted by atomic mass is 16.7. The first-order valence-electron chi connectivity index (χ1n) is 17.5. The Hall–Kier alpha value is -2.36. The number of benzene rings is 1. The van der Waals surface area contributed by atoms with Crippen molar-refractivity contribution in [2.45, 2.75) is 96.7 Å². The van der Waals surface area contributed by atoms with Crippen LogP contribution in [-0.2, 0) is 43.1 Å². The Bertz CT molecular complexity index is 1080. The highest BCUT2D eigenvalue weighted by Gasteiger charge is 2.35. The Morgan fingerprint density at radius 1 is 0.957 bits per heavy atom. The zero-order chi connectivity index (χ0) is 33.3. The number of aryl methyl sites for hydroxylation is 2. The summed E-state index contributed by atoms with van der Waals surface area (Å²) in [7, 11) is 0. The van der Waals surface area contributed by atoms with Crippen LogP contribution in [0.25, 0.3) is 0 Å². The van der Waals surface area contributed by atoms with Crippen LogP contribution in [0.15, 0.2) is 42.5 Å². The van der Waals surface area contributed by atoms with Gasteiger partial charge < -0.3 is 29.5 Å². The molecular formula is C38H58O8. The average Bonchev–Trinajstić information content (AvgIpc) is 3.11. The summed E-state index contributed by atoms with van der Waals surface area (Å²) >= 11 is 0. The molecule has 258 valence electrons. The number of ether oxygens (including phenoxy) is 3. The van der Waals surface area contributed by atoms with Crippen molar-refractivity contribution in [1.82, 2.24) is 0 Å². The Morgan fingerprint density at radius 3 is 2.28 bits per heavy atom. The molecule has 1 saturated carbocycles. The van der Waals surface area contributed by atoms with Crippen molar-refractivity contribution in [2.24, 2.45) is 29.6 Å². The Morgan fingerprint density at radius 2 is 1.67 bits per heavy atom. The number of aliphatic hydroxyl groups is 3. The summed E-state index contributed by atoms with van der Waals surface area (Å²) in [6.45, 7) is 9.24. The Kier molecular flexibility index (Phi) is 17.2. The maximum atomic E-state index is 11.8. The van der Waals surface area contributed by atoms with Crippen LogP contribution in [0, 0.1) is 29.6 Å². The third kappa shape index (κ3) is 12.3. The van der Waals surface area contributed by atoms with E-state index < -0.39 is 24.8 Å². The Labute approximate surface area is 276 Å². The van der Waals surface area contributed by atoms with Crippen molar-refractivity contribution >= 4 is 12.3 Å². The first-order chi connectivity index (χ1) is 22.3. The smallest absolute Gasteiger partial charge is 0.335 e. The molecule has 3 N–H and O–H groups in total. The van der Waals surface area contributed by atoms with Crippen LogP contribution in [0.2, 0.25) is 0 Å². The van der Waals surface area contributed by atoms with Crippen molar-refractivity contribution in [3.05, 3.63) is 59.2 Å². The predicted molar refractivity (Wildman–Crippen MR) is 179 cm³/mol. The van der Waals surface area contributed by atoms with E-state index in [1.807, 2.05) is 0 Å². The van der Waals surface area contributed by atoms with Crippen molar-refractivity contribution in [1.29, 1.82) is 0 Å². The second kappa shape index (κ2) is 20.8. The zero-order valence-electron chi connectivity index (χ0n) is 28.0. The van der Waals surface area contributed by atoms with Gasteiger partial charge in [0, 0.05) is 11.5 Å². The van der Waals surface area contributed by atoms with Gasteiger partial charge in [-0.25, -0.2) is 4.79 Å². The van der Waals surface area contributed by atoms with Gasteiger partial charge in [-0.1, -0.05) is 70.4 Å². The molecule has 0 amide bonds. The largest absolute Gasteiger partial charge is 0.462 e. The summed E-state index contributed by atoms with van der Waals surface area (Å²) < 4.78 is 17.1. The van der Waals surface area contributed by atoms with Crippen molar-refractivity contribution in [3.8, 4) is 0 Å². The van der Waals surface area contributed by atoms with E-state index in [1.54, 1.807) is 11.1 Å². The van der Waals surface area contributed by atoms with Crippen LogP contribution in [0.5, 0.6) is 0 Å². The first kappa shape index (κ1) is 38.1. The van der Waals surface area contributed by atoms with Gasteiger partial charge in [0.1, 0.15) is 12.9 Å². The molecule has 1 aromatic carbocycles. The third-order valence-electron chi connectivity index (χ3n) is 10.1. The van der Waals surface area contributed by atoms with Gasteiger partial charge in [0.15, 0.2) is 6.29 Å². The van der Waals surface area contributed by atoms with Gasteiger partial charge in [-0.05, 0) is 85.8 Å². The molecular weight excluding hydrogens is 584 g/mol. The molecule has 2 atom stereocenters. The van der Waals surface area contributed by atoms with Crippen LogP contribution < -0.4 is 0 Å². The number of hydrogen-bond donors (Lipinski definition) is 3. The first-order valence-corrected chi connectivity index (χ1v) is 17.5. The number of carbonyl (C=O) groups excluding carboxylic acids is 2. The van der Waals surface area contributed by atoms with E-state index in [0.717, 1.165) is 11.8 Å². The second-order valence-corrected chi connectivity index (χ2v) is 13.6. The lowest BCUT2D eigenvalue weighted by Crippen LogP contribution is -2.43. The van der Waals surface area contributed by atoms with Crippen LogP contribution in [0.3, 0.4) is 0 Å². The maximum absolute atomic E-state index is 11.8. The quantitative estimate of drug-likeness (QED) is 0.0931. The number of esters is 1. The fourth-order valence-electron chi connectivity index (χ4n) is 6.97. The van der Waals surface area contributed by atoms with Crippen LogP contribution in [0.1, 0.15) is 87.8 Å². The molecule has 0 spiro atoms. The van der Waals surface area contributed by atoms with E-state index in [9.17, 15) is 14.7 Å². The molecule has 2 unspecified atom stereocenters. The van der Waals surface area contributed by atoms with E-state index in [2.05, 4.69) is 38.3 Å². The molecule has 3 aliphatic rings. The Balaban J connectivity index is 0.000000875. The molecule has 1 saturated heterocycles. The molecule has 0 aromatic heterocycles. The minimum Gasteiger partial charge on any atom is -0.462 e. The lowest BCUT2D eigenvalue weighted by molar-refractivity contribution is -0.242. The molecule has 8 heteroatoms. The SMILES string of the molecule is C=C(C=O)CO.C=C(CO)C(=O)OCC(CO)C1OCC(C2CCC(CCC3CCc4cc(CCCCC)ccc4C3)CC2)CO1. The molecule has 8 nitrogen and oxygen atoms in total. The summed E-state index contributed by atoms with van der Waals surface area (Å²) in [5.41, 5.74) is 4.96. The van der Waals surface area contributed by atoms with Crippen LogP contribution in [-0.4, -0.2) is 73.5 Å². The number of hydrogen-bond acceptors (Lipinski definition) is 8. The lowest BCUT2D eigenvalue weighted by atomic mass is 9.73. The van der Waals surface area contributed by atoms with Crippen LogP contribution in [0.4, 0.5) is 0 Å². The normalized spacial score (nSPS) is 24.9. The predicted octanol–water partition coefficient (Wildman–Crippen LogP) is 5.53. The third-order valence-corrected chi connectivity index (χ3v) is 10.1. The summed E-state index contributed by atoms with van der Waals surface area (Å²) in [6.07, 6.45) is 16.8. The lowest BCUT2D eigenvalue weighted by Gasteiger charge is -2.39. The minimum atomic E-state index is -0.661. The standard InChI is InChI=1S/C34H52O6.C4H6O2/c1-3-4-5-6-26-11-15-30-18-27(12-16-29(30)17-26)8-7-25-9-13-28(14-10-25)32-22-39-34(40-23-32)31(20-36)21-38-33(37)24(2)19-35;1-4(2-5)3-6/h11,15,17,25,27-28,31-32,34-36H,2-10,12-14,16,18-23H2,1H3;2,6H,1,3H2.